The molecule has 0 bridgehead atoms. The van der Waals surface area contributed by atoms with Gasteiger partial charge >= 0.3 is 0 Å². The summed E-state index contributed by atoms with van der Waals surface area (Å²) < 4.78 is 0. The molecule has 0 aromatic heterocycles. The largest absolute Gasteiger partial charge is 0.355 e. The second-order valence-corrected chi connectivity index (χ2v) is 4.61. The standard InChI is InChI=1S/C12H25N3O/c1-4-5-6-14-12(16)11(3)15-8-7-13-9-10(15)2/h10-11,13H,4-9H2,1-3H3,(H,14,16)/t10-,11?/m0/s1. The molecule has 4 nitrogen and oxygen atoms in total. The number of carbonyl (C=O) groups excluding carboxylic acids is 1. The summed E-state index contributed by atoms with van der Waals surface area (Å²) >= 11 is 0. The van der Waals surface area contributed by atoms with Crippen LogP contribution >= 0.6 is 0 Å². The third kappa shape index (κ3) is 3.76. The highest BCUT2D eigenvalue weighted by Crippen LogP contribution is 2.08. The molecule has 1 amide bonds. The molecular weight excluding hydrogens is 202 g/mol. The maximum Gasteiger partial charge on any atom is 0.237 e. The Morgan fingerprint density at radius 3 is 3.00 bits per heavy atom. The van der Waals surface area contributed by atoms with Gasteiger partial charge in [-0.2, -0.15) is 0 Å². The van der Waals surface area contributed by atoms with E-state index in [0.29, 0.717) is 6.04 Å². The molecule has 16 heavy (non-hydrogen) atoms. The van der Waals surface area contributed by atoms with Crippen LogP contribution in [0.4, 0.5) is 0 Å². The number of unbranched alkanes of at least 4 members (excludes halogenated alkanes) is 1. The third-order valence-corrected chi connectivity index (χ3v) is 3.26. The first-order valence-electron chi connectivity index (χ1n) is 6.41. The molecule has 1 rings (SSSR count). The first-order valence-corrected chi connectivity index (χ1v) is 6.41. The minimum Gasteiger partial charge on any atom is -0.355 e. The first kappa shape index (κ1) is 13.5. The summed E-state index contributed by atoms with van der Waals surface area (Å²) in [4.78, 5) is 14.2. The molecule has 94 valence electrons. The molecule has 0 aromatic rings. The van der Waals surface area contributed by atoms with Gasteiger partial charge in [0.2, 0.25) is 5.91 Å². The number of hydrogen-bond acceptors (Lipinski definition) is 3. The summed E-state index contributed by atoms with van der Waals surface area (Å²) in [7, 11) is 0. The van der Waals surface area contributed by atoms with Crippen LogP contribution in [0, 0.1) is 0 Å². The van der Waals surface area contributed by atoms with Gasteiger partial charge in [-0.1, -0.05) is 13.3 Å². The lowest BCUT2D eigenvalue weighted by Gasteiger charge is -2.37. The van der Waals surface area contributed by atoms with Gasteiger partial charge in [0, 0.05) is 32.2 Å². The Morgan fingerprint density at radius 2 is 2.38 bits per heavy atom. The fourth-order valence-electron chi connectivity index (χ4n) is 2.12. The van der Waals surface area contributed by atoms with Crippen LogP contribution in [0.25, 0.3) is 0 Å². The average Bonchev–Trinajstić information content (AvgIpc) is 2.29. The van der Waals surface area contributed by atoms with Crippen LogP contribution < -0.4 is 10.6 Å². The molecule has 4 heteroatoms. The van der Waals surface area contributed by atoms with Crippen molar-refractivity contribution in [1.82, 2.24) is 15.5 Å². The molecule has 1 aliphatic heterocycles. The number of rotatable bonds is 5. The minimum absolute atomic E-state index is 0.00560. The molecule has 1 aliphatic rings. The molecule has 0 spiro atoms. The van der Waals surface area contributed by atoms with Crippen molar-refractivity contribution >= 4 is 5.91 Å². The Morgan fingerprint density at radius 1 is 1.62 bits per heavy atom. The average molecular weight is 227 g/mol. The van der Waals surface area contributed by atoms with Crippen LogP contribution in [0.3, 0.4) is 0 Å². The topological polar surface area (TPSA) is 44.4 Å². The Kier molecular flexibility index (Phi) is 5.77. The van der Waals surface area contributed by atoms with Gasteiger partial charge in [-0.25, -0.2) is 0 Å². The number of carbonyl (C=O) groups is 1. The van der Waals surface area contributed by atoms with E-state index in [9.17, 15) is 4.79 Å². The number of hydrogen-bond donors (Lipinski definition) is 2. The van der Waals surface area contributed by atoms with Gasteiger partial charge in [-0.05, 0) is 20.3 Å². The SMILES string of the molecule is CCCCNC(=O)C(C)N1CCNC[C@@H]1C. The van der Waals surface area contributed by atoms with Crippen molar-refractivity contribution in [1.29, 1.82) is 0 Å². The predicted octanol–water partition coefficient (Wildman–Crippen LogP) is 0.585. The van der Waals surface area contributed by atoms with E-state index in [4.69, 9.17) is 0 Å². The fourth-order valence-corrected chi connectivity index (χ4v) is 2.12. The minimum atomic E-state index is -0.00560. The van der Waals surface area contributed by atoms with Gasteiger partial charge in [-0.3, -0.25) is 9.69 Å². The van der Waals surface area contributed by atoms with Crippen LogP contribution in [-0.4, -0.2) is 49.1 Å². The molecule has 2 atom stereocenters. The van der Waals surface area contributed by atoms with Crippen LogP contribution in [0.1, 0.15) is 33.6 Å². The van der Waals surface area contributed by atoms with Crippen LogP contribution in [0.5, 0.6) is 0 Å². The van der Waals surface area contributed by atoms with Gasteiger partial charge in [0.05, 0.1) is 6.04 Å². The van der Waals surface area contributed by atoms with E-state index < -0.39 is 0 Å². The molecule has 1 fully saturated rings. The lowest BCUT2D eigenvalue weighted by atomic mass is 10.1. The normalized spacial score (nSPS) is 24.1. The number of piperazine rings is 1. The summed E-state index contributed by atoms with van der Waals surface area (Å²) in [6, 6.07) is 0.439. The summed E-state index contributed by atoms with van der Waals surface area (Å²) in [5.74, 6) is 0.169. The van der Waals surface area contributed by atoms with Crippen LogP contribution in [-0.2, 0) is 4.79 Å². The molecule has 0 aromatic carbocycles. The highest BCUT2D eigenvalue weighted by atomic mass is 16.2. The van der Waals surface area contributed by atoms with E-state index in [2.05, 4.69) is 29.4 Å². The van der Waals surface area contributed by atoms with E-state index >= 15 is 0 Å². The summed E-state index contributed by atoms with van der Waals surface area (Å²) in [5.41, 5.74) is 0. The number of amides is 1. The molecule has 0 radical (unpaired) electrons. The van der Waals surface area contributed by atoms with Gasteiger partial charge < -0.3 is 10.6 Å². The van der Waals surface area contributed by atoms with E-state index in [1.807, 2.05) is 6.92 Å². The lowest BCUT2D eigenvalue weighted by molar-refractivity contribution is -0.127. The molecule has 1 heterocycles. The highest BCUT2D eigenvalue weighted by molar-refractivity contribution is 5.81. The quantitative estimate of drug-likeness (QED) is 0.676. The zero-order valence-corrected chi connectivity index (χ0v) is 10.8. The van der Waals surface area contributed by atoms with Crippen molar-refractivity contribution in [3.63, 3.8) is 0 Å². The maximum atomic E-state index is 11.9. The summed E-state index contributed by atoms with van der Waals surface area (Å²) in [6.07, 6.45) is 2.19. The molecule has 1 unspecified atom stereocenters. The van der Waals surface area contributed by atoms with E-state index in [-0.39, 0.29) is 11.9 Å². The van der Waals surface area contributed by atoms with Crippen molar-refractivity contribution < 1.29 is 4.79 Å². The van der Waals surface area contributed by atoms with Crippen molar-refractivity contribution in [2.45, 2.75) is 45.7 Å². The van der Waals surface area contributed by atoms with Gasteiger partial charge in [0.15, 0.2) is 0 Å². The lowest BCUT2D eigenvalue weighted by Crippen LogP contribution is -2.57. The van der Waals surface area contributed by atoms with E-state index in [1.54, 1.807) is 0 Å². The molecular formula is C12H25N3O. The molecule has 0 aliphatic carbocycles. The summed E-state index contributed by atoms with van der Waals surface area (Å²) in [5, 5.41) is 6.34. The smallest absolute Gasteiger partial charge is 0.237 e. The van der Waals surface area contributed by atoms with Crippen molar-refractivity contribution in [2.75, 3.05) is 26.2 Å². The summed E-state index contributed by atoms with van der Waals surface area (Å²) in [6.45, 7) is 10.0. The second-order valence-electron chi connectivity index (χ2n) is 4.61. The molecule has 2 N–H and O–H groups in total. The maximum absolute atomic E-state index is 11.9. The van der Waals surface area contributed by atoms with Crippen molar-refractivity contribution in [3.8, 4) is 0 Å². The Bertz CT molecular complexity index is 220. The third-order valence-electron chi connectivity index (χ3n) is 3.26. The zero-order chi connectivity index (χ0) is 12.0. The van der Waals surface area contributed by atoms with Crippen molar-refractivity contribution in [3.05, 3.63) is 0 Å². The zero-order valence-electron chi connectivity index (χ0n) is 10.8. The Hall–Kier alpha value is -0.610. The van der Waals surface area contributed by atoms with Crippen LogP contribution in [0.15, 0.2) is 0 Å². The van der Waals surface area contributed by atoms with Crippen molar-refractivity contribution in [2.24, 2.45) is 0 Å². The van der Waals surface area contributed by atoms with E-state index in [0.717, 1.165) is 39.0 Å². The monoisotopic (exact) mass is 227 g/mol. The van der Waals surface area contributed by atoms with E-state index in [1.165, 1.54) is 0 Å². The first-order chi connectivity index (χ1) is 7.66. The van der Waals surface area contributed by atoms with Crippen LogP contribution in [0.2, 0.25) is 0 Å². The Labute approximate surface area is 98.8 Å². The van der Waals surface area contributed by atoms with Gasteiger partial charge in [-0.15, -0.1) is 0 Å². The molecule has 0 saturated carbocycles. The van der Waals surface area contributed by atoms with Gasteiger partial charge in [0.25, 0.3) is 0 Å². The molecule has 1 saturated heterocycles. The fraction of sp³-hybridized carbons (Fsp3) is 0.917. The van der Waals surface area contributed by atoms with Gasteiger partial charge in [0.1, 0.15) is 0 Å². The predicted molar refractivity (Wildman–Crippen MR) is 66.4 cm³/mol. The Balaban J connectivity index is 2.36. The number of nitrogens with zero attached hydrogens (tertiary/aromatic N) is 1. The second kappa shape index (κ2) is 6.86. The number of nitrogens with one attached hydrogen (secondary N) is 2. The highest BCUT2D eigenvalue weighted by Gasteiger charge is 2.26.